The van der Waals surface area contributed by atoms with Crippen molar-refractivity contribution in [2.45, 2.75) is 18.4 Å². The van der Waals surface area contributed by atoms with Gasteiger partial charge in [-0.1, -0.05) is 12.1 Å². The van der Waals surface area contributed by atoms with Gasteiger partial charge in [-0.2, -0.15) is 0 Å². The van der Waals surface area contributed by atoms with Gasteiger partial charge in [-0.05, 0) is 35.9 Å². The molecule has 124 valence electrons. The van der Waals surface area contributed by atoms with E-state index in [-0.39, 0.29) is 17.3 Å². The zero-order valence-electron chi connectivity index (χ0n) is 12.8. The minimum absolute atomic E-state index is 0.0319. The van der Waals surface area contributed by atoms with Crippen molar-refractivity contribution in [3.05, 3.63) is 59.5 Å². The van der Waals surface area contributed by atoms with Crippen LogP contribution in [0.15, 0.2) is 51.8 Å². The molecule has 0 atom stereocenters. The van der Waals surface area contributed by atoms with Gasteiger partial charge < -0.3 is 9.73 Å². The quantitative estimate of drug-likeness (QED) is 0.747. The molecular weight excluding hydrogens is 330 g/mol. The van der Waals surface area contributed by atoms with Gasteiger partial charge in [-0.25, -0.2) is 18.5 Å². The van der Waals surface area contributed by atoms with Crippen LogP contribution in [0, 0.1) is 6.92 Å². The smallest absolute Gasteiger partial charge is 0.251 e. The second kappa shape index (κ2) is 6.06. The summed E-state index contributed by atoms with van der Waals surface area (Å²) in [5.74, 6) is 0.283. The fourth-order valence-corrected chi connectivity index (χ4v) is 2.78. The van der Waals surface area contributed by atoms with Crippen molar-refractivity contribution >= 4 is 27.0 Å². The first-order valence-electron chi connectivity index (χ1n) is 7.10. The molecule has 0 radical (unpaired) electrons. The third-order valence-electron chi connectivity index (χ3n) is 3.46. The Morgan fingerprint density at radius 1 is 1.21 bits per heavy atom. The van der Waals surface area contributed by atoms with Crippen LogP contribution < -0.4 is 10.5 Å². The number of fused-ring (bicyclic) bond motifs is 1. The standard InChI is InChI=1S/C16H15N3O4S/c1-10-19-14-8-12(4-7-15(14)23-10)16(20)18-9-11-2-5-13(6-3-11)24(17,21)22/h2-8H,9H2,1H3,(H,18,20)(H2,17,21,22). The number of rotatable bonds is 4. The predicted octanol–water partition coefficient (Wildman–Crippen LogP) is 1.71. The Balaban J connectivity index is 1.70. The highest BCUT2D eigenvalue weighted by molar-refractivity contribution is 7.89. The second-order valence-electron chi connectivity index (χ2n) is 5.29. The number of nitrogens with zero attached hydrogens (tertiary/aromatic N) is 1. The largest absolute Gasteiger partial charge is 0.441 e. The van der Waals surface area contributed by atoms with Crippen molar-refractivity contribution in [1.29, 1.82) is 0 Å². The minimum atomic E-state index is -3.72. The summed E-state index contributed by atoms with van der Waals surface area (Å²) in [6, 6.07) is 11.0. The number of carbonyl (C=O) groups is 1. The van der Waals surface area contributed by atoms with E-state index in [0.717, 1.165) is 5.56 Å². The maximum absolute atomic E-state index is 12.2. The molecule has 8 heteroatoms. The number of amides is 1. The topological polar surface area (TPSA) is 115 Å². The number of hydrogen-bond donors (Lipinski definition) is 2. The molecular formula is C16H15N3O4S. The molecule has 0 fully saturated rings. The van der Waals surface area contributed by atoms with Crippen LogP contribution in [0.5, 0.6) is 0 Å². The molecule has 0 unspecified atom stereocenters. The van der Waals surface area contributed by atoms with Gasteiger partial charge >= 0.3 is 0 Å². The first-order chi connectivity index (χ1) is 11.3. The molecule has 24 heavy (non-hydrogen) atoms. The summed E-state index contributed by atoms with van der Waals surface area (Å²) in [6.45, 7) is 2.00. The Morgan fingerprint density at radius 3 is 2.58 bits per heavy atom. The Hall–Kier alpha value is -2.71. The van der Waals surface area contributed by atoms with Gasteiger partial charge in [-0.3, -0.25) is 4.79 Å². The van der Waals surface area contributed by atoms with E-state index in [9.17, 15) is 13.2 Å². The Bertz CT molecular complexity index is 1010. The molecule has 0 saturated carbocycles. The molecule has 3 rings (SSSR count). The predicted molar refractivity (Wildman–Crippen MR) is 87.7 cm³/mol. The molecule has 1 aromatic heterocycles. The number of sulfonamides is 1. The van der Waals surface area contributed by atoms with Crippen LogP contribution >= 0.6 is 0 Å². The molecule has 1 amide bonds. The third-order valence-corrected chi connectivity index (χ3v) is 4.39. The lowest BCUT2D eigenvalue weighted by Crippen LogP contribution is -2.22. The van der Waals surface area contributed by atoms with E-state index >= 15 is 0 Å². The van der Waals surface area contributed by atoms with E-state index in [1.54, 1.807) is 37.3 Å². The summed E-state index contributed by atoms with van der Waals surface area (Å²) in [5.41, 5.74) is 2.48. The van der Waals surface area contributed by atoms with Crippen molar-refractivity contribution in [2.75, 3.05) is 0 Å². The molecule has 0 aliphatic heterocycles. The van der Waals surface area contributed by atoms with E-state index in [1.165, 1.54) is 12.1 Å². The lowest BCUT2D eigenvalue weighted by molar-refractivity contribution is 0.0951. The molecule has 7 nitrogen and oxygen atoms in total. The average Bonchev–Trinajstić information content (AvgIpc) is 2.91. The summed E-state index contributed by atoms with van der Waals surface area (Å²) in [5, 5.41) is 7.81. The first-order valence-corrected chi connectivity index (χ1v) is 8.65. The summed E-state index contributed by atoms with van der Waals surface area (Å²) >= 11 is 0. The first kappa shape index (κ1) is 16.2. The molecule has 0 saturated heterocycles. The number of aromatic nitrogens is 1. The van der Waals surface area contributed by atoms with Crippen LogP contribution in [0.1, 0.15) is 21.8 Å². The van der Waals surface area contributed by atoms with Gasteiger partial charge in [0.05, 0.1) is 4.90 Å². The number of aryl methyl sites for hydroxylation is 1. The molecule has 0 aliphatic carbocycles. The van der Waals surface area contributed by atoms with Gasteiger partial charge in [0.1, 0.15) is 5.52 Å². The van der Waals surface area contributed by atoms with Crippen LogP contribution in [0.3, 0.4) is 0 Å². The van der Waals surface area contributed by atoms with Gasteiger partial charge in [-0.15, -0.1) is 0 Å². The maximum atomic E-state index is 12.2. The monoisotopic (exact) mass is 345 g/mol. The maximum Gasteiger partial charge on any atom is 0.251 e. The van der Waals surface area contributed by atoms with Crippen molar-refractivity contribution in [3.8, 4) is 0 Å². The van der Waals surface area contributed by atoms with Gasteiger partial charge in [0.25, 0.3) is 5.91 Å². The van der Waals surface area contributed by atoms with Crippen LogP contribution in [-0.2, 0) is 16.6 Å². The van der Waals surface area contributed by atoms with E-state index in [0.29, 0.717) is 22.6 Å². The minimum Gasteiger partial charge on any atom is -0.441 e. The van der Waals surface area contributed by atoms with E-state index in [1.807, 2.05) is 0 Å². The van der Waals surface area contributed by atoms with Crippen molar-refractivity contribution in [1.82, 2.24) is 10.3 Å². The number of benzene rings is 2. The SMILES string of the molecule is Cc1nc2cc(C(=O)NCc3ccc(S(N)(=O)=O)cc3)ccc2o1. The zero-order valence-corrected chi connectivity index (χ0v) is 13.6. The lowest BCUT2D eigenvalue weighted by Gasteiger charge is -2.06. The Morgan fingerprint density at radius 2 is 1.92 bits per heavy atom. The number of nitrogens with two attached hydrogens (primary N) is 1. The molecule has 3 N–H and O–H groups in total. The number of nitrogens with one attached hydrogen (secondary N) is 1. The zero-order chi connectivity index (χ0) is 17.3. The lowest BCUT2D eigenvalue weighted by atomic mass is 10.2. The highest BCUT2D eigenvalue weighted by atomic mass is 32.2. The van der Waals surface area contributed by atoms with Crippen molar-refractivity contribution < 1.29 is 17.6 Å². The summed E-state index contributed by atoms with van der Waals surface area (Å²) in [4.78, 5) is 16.4. The average molecular weight is 345 g/mol. The second-order valence-corrected chi connectivity index (χ2v) is 6.85. The molecule has 1 heterocycles. The van der Waals surface area contributed by atoms with Crippen molar-refractivity contribution in [2.24, 2.45) is 5.14 Å². The van der Waals surface area contributed by atoms with E-state index in [4.69, 9.17) is 9.56 Å². The molecule has 0 aliphatic rings. The fraction of sp³-hybridized carbons (Fsp3) is 0.125. The molecule has 0 spiro atoms. The fourth-order valence-electron chi connectivity index (χ4n) is 2.27. The summed E-state index contributed by atoms with van der Waals surface area (Å²) in [6.07, 6.45) is 0. The highest BCUT2D eigenvalue weighted by Gasteiger charge is 2.10. The van der Waals surface area contributed by atoms with Gasteiger partial charge in [0.15, 0.2) is 11.5 Å². The normalized spacial score (nSPS) is 11.6. The number of carbonyl (C=O) groups excluding carboxylic acids is 1. The van der Waals surface area contributed by atoms with E-state index < -0.39 is 10.0 Å². The Labute approximate surface area is 138 Å². The third kappa shape index (κ3) is 3.44. The molecule has 3 aromatic rings. The van der Waals surface area contributed by atoms with Crippen LogP contribution in [0.4, 0.5) is 0 Å². The molecule has 2 aromatic carbocycles. The number of primary sulfonamides is 1. The van der Waals surface area contributed by atoms with Gasteiger partial charge in [0, 0.05) is 19.0 Å². The van der Waals surface area contributed by atoms with Crippen LogP contribution in [-0.4, -0.2) is 19.3 Å². The highest BCUT2D eigenvalue weighted by Crippen LogP contribution is 2.17. The van der Waals surface area contributed by atoms with Gasteiger partial charge in [0.2, 0.25) is 10.0 Å². The van der Waals surface area contributed by atoms with Crippen LogP contribution in [0.25, 0.3) is 11.1 Å². The summed E-state index contributed by atoms with van der Waals surface area (Å²) in [7, 11) is -3.72. The van der Waals surface area contributed by atoms with Crippen molar-refractivity contribution in [3.63, 3.8) is 0 Å². The van der Waals surface area contributed by atoms with E-state index in [2.05, 4.69) is 10.3 Å². The number of oxazole rings is 1. The van der Waals surface area contributed by atoms with Crippen LogP contribution in [0.2, 0.25) is 0 Å². The number of hydrogen-bond acceptors (Lipinski definition) is 5. The Kier molecular flexibility index (Phi) is 4.08. The molecule has 0 bridgehead atoms. The summed E-state index contributed by atoms with van der Waals surface area (Å²) < 4.78 is 27.8.